The number of methoxy groups -OCH3 is 4. The SMILES string of the molecule is COc1ccc(/C=C(\C[N+](C)(C)C)c2cc(OC)c(OC)c(OC)c2)cc1. The van der Waals surface area contributed by atoms with Gasteiger partial charge in [0, 0.05) is 5.57 Å². The molecule has 0 heterocycles. The van der Waals surface area contributed by atoms with E-state index in [4.69, 9.17) is 18.9 Å². The minimum absolute atomic E-state index is 0.595. The van der Waals surface area contributed by atoms with Crippen LogP contribution in [0.1, 0.15) is 11.1 Å². The van der Waals surface area contributed by atoms with Crippen LogP contribution in [0.4, 0.5) is 0 Å². The molecule has 2 rings (SSSR count). The van der Waals surface area contributed by atoms with Gasteiger partial charge in [0.25, 0.3) is 0 Å². The van der Waals surface area contributed by atoms with Crippen LogP contribution < -0.4 is 18.9 Å². The van der Waals surface area contributed by atoms with Crippen LogP contribution in [0.2, 0.25) is 0 Å². The molecule has 2 aromatic rings. The zero-order chi connectivity index (χ0) is 20.0. The monoisotopic (exact) mass is 372 g/mol. The maximum absolute atomic E-state index is 5.53. The Kier molecular flexibility index (Phi) is 6.75. The Morgan fingerprint density at radius 1 is 0.815 bits per heavy atom. The first-order valence-corrected chi connectivity index (χ1v) is 8.76. The van der Waals surface area contributed by atoms with E-state index in [9.17, 15) is 0 Å². The molecule has 0 aliphatic rings. The molecule has 0 saturated carbocycles. The van der Waals surface area contributed by atoms with Crippen molar-refractivity contribution >= 4 is 11.6 Å². The molecular weight excluding hydrogens is 342 g/mol. The quantitative estimate of drug-likeness (QED) is 0.519. The Balaban J connectivity index is 2.58. The number of hydrogen-bond donors (Lipinski definition) is 0. The van der Waals surface area contributed by atoms with Gasteiger partial charge in [-0.3, -0.25) is 0 Å². The van der Waals surface area contributed by atoms with E-state index < -0.39 is 0 Å². The number of ether oxygens (including phenoxy) is 4. The highest BCUT2D eigenvalue weighted by Crippen LogP contribution is 2.40. The fourth-order valence-electron chi connectivity index (χ4n) is 2.90. The van der Waals surface area contributed by atoms with Crippen molar-refractivity contribution < 1.29 is 23.4 Å². The lowest BCUT2D eigenvalue weighted by Gasteiger charge is -2.26. The van der Waals surface area contributed by atoms with Gasteiger partial charge in [-0.15, -0.1) is 0 Å². The fourth-order valence-corrected chi connectivity index (χ4v) is 2.90. The van der Waals surface area contributed by atoms with Gasteiger partial charge in [-0.2, -0.15) is 0 Å². The summed E-state index contributed by atoms with van der Waals surface area (Å²) < 4.78 is 22.5. The Hall–Kier alpha value is -2.66. The Labute approximate surface area is 162 Å². The lowest BCUT2D eigenvalue weighted by Crippen LogP contribution is -2.35. The molecule has 0 amide bonds. The molecule has 0 aromatic heterocycles. The van der Waals surface area contributed by atoms with E-state index in [1.165, 1.54) is 5.57 Å². The molecule has 0 aliphatic heterocycles. The van der Waals surface area contributed by atoms with Crippen molar-refractivity contribution in [3.8, 4) is 23.0 Å². The van der Waals surface area contributed by atoms with Gasteiger partial charge in [-0.05, 0) is 41.5 Å². The molecule has 0 saturated heterocycles. The zero-order valence-corrected chi connectivity index (χ0v) is 17.3. The van der Waals surface area contributed by atoms with Crippen LogP contribution in [0.5, 0.6) is 23.0 Å². The fraction of sp³-hybridized carbons (Fsp3) is 0.364. The maximum atomic E-state index is 5.53. The molecule has 5 nitrogen and oxygen atoms in total. The van der Waals surface area contributed by atoms with E-state index in [1.54, 1.807) is 28.4 Å². The average molecular weight is 372 g/mol. The molecule has 0 unspecified atom stereocenters. The van der Waals surface area contributed by atoms with Crippen molar-refractivity contribution in [1.29, 1.82) is 0 Å². The summed E-state index contributed by atoms with van der Waals surface area (Å²) in [6, 6.07) is 12.0. The lowest BCUT2D eigenvalue weighted by molar-refractivity contribution is -0.862. The standard InChI is InChI=1S/C22H30NO4/c1-23(2,3)15-18(12-16-8-10-19(24-4)11-9-16)17-13-20(25-5)22(27-7)21(14-17)26-6/h8-14H,15H2,1-7H3/q+1/b18-12+. The highest BCUT2D eigenvalue weighted by Gasteiger charge is 2.19. The largest absolute Gasteiger partial charge is 0.497 e. The van der Waals surface area contributed by atoms with Crippen LogP contribution in [0.3, 0.4) is 0 Å². The van der Waals surface area contributed by atoms with Crippen molar-refractivity contribution in [3.63, 3.8) is 0 Å². The van der Waals surface area contributed by atoms with Crippen LogP contribution in [0.25, 0.3) is 11.6 Å². The second kappa shape index (κ2) is 8.82. The van der Waals surface area contributed by atoms with Crippen molar-refractivity contribution in [2.24, 2.45) is 0 Å². The number of nitrogens with zero attached hydrogens (tertiary/aromatic N) is 1. The first kappa shape index (κ1) is 20.6. The van der Waals surface area contributed by atoms with E-state index in [1.807, 2.05) is 36.4 Å². The maximum Gasteiger partial charge on any atom is 0.203 e. The van der Waals surface area contributed by atoms with E-state index in [0.29, 0.717) is 17.2 Å². The highest BCUT2D eigenvalue weighted by molar-refractivity contribution is 5.84. The molecule has 2 aromatic carbocycles. The van der Waals surface area contributed by atoms with Crippen LogP contribution in [-0.2, 0) is 0 Å². The van der Waals surface area contributed by atoms with Gasteiger partial charge >= 0.3 is 0 Å². The van der Waals surface area contributed by atoms with Gasteiger partial charge in [-0.1, -0.05) is 12.1 Å². The third kappa shape index (κ3) is 5.41. The first-order valence-electron chi connectivity index (χ1n) is 8.76. The van der Waals surface area contributed by atoms with E-state index in [-0.39, 0.29) is 0 Å². The lowest BCUT2D eigenvalue weighted by atomic mass is 10.0. The van der Waals surface area contributed by atoms with Crippen LogP contribution in [-0.4, -0.2) is 60.6 Å². The number of hydrogen-bond acceptors (Lipinski definition) is 4. The topological polar surface area (TPSA) is 36.9 Å². The summed E-state index contributed by atoms with van der Waals surface area (Å²) in [6.45, 7) is 0.838. The molecule has 5 heteroatoms. The highest BCUT2D eigenvalue weighted by atomic mass is 16.5. The summed E-state index contributed by atoms with van der Waals surface area (Å²) in [5.74, 6) is 2.73. The summed E-state index contributed by atoms with van der Waals surface area (Å²) in [6.07, 6.45) is 2.18. The first-order chi connectivity index (χ1) is 12.8. The predicted octanol–water partition coefficient (Wildman–Crippen LogP) is 3.97. The molecule has 27 heavy (non-hydrogen) atoms. The molecule has 0 spiro atoms. The Morgan fingerprint density at radius 2 is 1.37 bits per heavy atom. The third-order valence-corrected chi connectivity index (χ3v) is 4.14. The van der Waals surface area contributed by atoms with Crippen LogP contribution in [0.15, 0.2) is 36.4 Å². The molecule has 0 bridgehead atoms. The van der Waals surface area contributed by atoms with E-state index in [0.717, 1.165) is 27.9 Å². The molecule has 0 fully saturated rings. The second-order valence-electron chi connectivity index (χ2n) is 7.31. The van der Waals surface area contributed by atoms with Crippen molar-refractivity contribution in [2.45, 2.75) is 0 Å². The van der Waals surface area contributed by atoms with E-state index in [2.05, 4.69) is 27.2 Å². The molecule has 0 atom stereocenters. The summed E-state index contributed by atoms with van der Waals surface area (Å²) >= 11 is 0. The summed E-state index contributed by atoms with van der Waals surface area (Å²) in [4.78, 5) is 0. The van der Waals surface area contributed by atoms with Crippen LogP contribution >= 0.6 is 0 Å². The molecule has 146 valence electrons. The number of quaternary nitrogens is 1. The van der Waals surface area contributed by atoms with Gasteiger partial charge in [0.2, 0.25) is 5.75 Å². The molecule has 0 N–H and O–H groups in total. The normalized spacial score (nSPS) is 11.9. The van der Waals surface area contributed by atoms with Crippen molar-refractivity contribution in [3.05, 3.63) is 47.5 Å². The molecule has 0 radical (unpaired) electrons. The second-order valence-corrected chi connectivity index (χ2v) is 7.31. The van der Waals surface area contributed by atoms with Gasteiger partial charge < -0.3 is 23.4 Å². The number of benzene rings is 2. The third-order valence-electron chi connectivity index (χ3n) is 4.14. The van der Waals surface area contributed by atoms with Gasteiger partial charge in [0.05, 0.1) is 49.6 Å². The Bertz CT molecular complexity index is 764. The average Bonchev–Trinajstić information content (AvgIpc) is 2.65. The summed E-state index contributed by atoms with van der Waals surface area (Å²) in [7, 11) is 13.0. The minimum atomic E-state index is 0.595. The smallest absolute Gasteiger partial charge is 0.203 e. The van der Waals surface area contributed by atoms with E-state index >= 15 is 0 Å². The number of rotatable bonds is 8. The van der Waals surface area contributed by atoms with Crippen LogP contribution in [0, 0.1) is 0 Å². The predicted molar refractivity (Wildman–Crippen MR) is 110 cm³/mol. The zero-order valence-electron chi connectivity index (χ0n) is 17.3. The van der Waals surface area contributed by atoms with Gasteiger partial charge in [0.1, 0.15) is 12.3 Å². The summed E-state index contributed by atoms with van der Waals surface area (Å²) in [5.41, 5.74) is 3.31. The van der Waals surface area contributed by atoms with Gasteiger partial charge in [-0.25, -0.2) is 0 Å². The number of likely N-dealkylation sites (N-methyl/N-ethyl adjacent to an activating group) is 1. The molecule has 0 aliphatic carbocycles. The Morgan fingerprint density at radius 3 is 1.78 bits per heavy atom. The minimum Gasteiger partial charge on any atom is -0.497 e. The van der Waals surface area contributed by atoms with Crippen molar-refractivity contribution in [1.82, 2.24) is 0 Å². The van der Waals surface area contributed by atoms with Crippen molar-refractivity contribution in [2.75, 3.05) is 56.1 Å². The summed E-state index contributed by atoms with van der Waals surface area (Å²) in [5, 5.41) is 0. The molecular formula is C22H30NO4+. The van der Waals surface area contributed by atoms with Gasteiger partial charge in [0.15, 0.2) is 11.5 Å².